The van der Waals surface area contributed by atoms with Gasteiger partial charge in [0.2, 0.25) is 0 Å². The molecule has 2 aromatic heterocycles. The number of fused-ring (bicyclic) bond motifs is 2. The molecule has 1 saturated heterocycles. The summed E-state index contributed by atoms with van der Waals surface area (Å²) in [7, 11) is 2.09. The van der Waals surface area contributed by atoms with Crippen LogP contribution in [0.5, 0.6) is 0 Å². The van der Waals surface area contributed by atoms with Crippen molar-refractivity contribution >= 4 is 16.6 Å². The predicted octanol–water partition coefficient (Wildman–Crippen LogP) is 4.54. The van der Waals surface area contributed by atoms with Gasteiger partial charge < -0.3 is 0 Å². The number of benzene rings is 3. The fourth-order valence-corrected chi connectivity index (χ4v) is 9.37. The molecule has 0 radical (unpaired) electrons. The molecule has 0 aliphatic carbocycles. The van der Waals surface area contributed by atoms with Crippen molar-refractivity contribution in [2.75, 3.05) is 18.0 Å². The van der Waals surface area contributed by atoms with E-state index in [9.17, 15) is 0 Å². The first-order valence-electron chi connectivity index (χ1n) is 14.9. The van der Waals surface area contributed by atoms with Crippen molar-refractivity contribution in [3.63, 3.8) is 0 Å². The molecule has 7 rings (SSSR count). The first-order chi connectivity index (χ1) is 20.6. The van der Waals surface area contributed by atoms with E-state index in [0.29, 0.717) is 5.92 Å². The standard InChI is InChI=1S/C36H37IN5/c1-25-11-4-5-13-29(25)35-30-14-10-12-28(36(30)40(3)39-35)24-41-21-18-27(19-22-41)34-23-37-31-15-6-7-17-33(31)42(34)26(2)32-16-8-9-20-38-32/h4-17,20,23,26-27H,18-19,21-22,24H2,1-3H3/q-1. The van der Waals surface area contributed by atoms with Crippen molar-refractivity contribution in [1.29, 1.82) is 0 Å². The van der Waals surface area contributed by atoms with E-state index in [1.807, 2.05) is 12.3 Å². The zero-order chi connectivity index (χ0) is 28.6. The van der Waals surface area contributed by atoms with Crippen molar-refractivity contribution in [2.24, 2.45) is 13.0 Å². The Balaban J connectivity index is 1.11. The first-order valence-corrected chi connectivity index (χ1v) is 17.3. The molecular formula is C36H37IN5-. The SMILES string of the molecule is Cc1ccccc1-c1nn(C)c2c(CN3CCC(C4=C[I-]c5ccccc5N4C(C)c4ccccn4)CC3)cccc12. The summed E-state index contributed by atoms with van der Waals surface area (Å²) in [4.78, 5) is 9.99. The summed E-state index contributed by atoms with van der Waals surface area (Å²) in [5.74, 6) is 0.570. The molecule has 0 saturated carbocycles. The Morgan fingerprint density at radius 1 is 0.905 bits per heavy atom. The number of piperidine rings is 1. The Hall–Kier alpha value is -3.49. The van der Waals surface area contributed by atoms with E-state index >= 15 is 0 Å². The minimum atomic E-state index is -0.138. The normalized spacial score (nSPS) is 17.0. The van der Waals surface area contributed by atoms with E-state index in [0.717, 1.165) is 31.0 Å². The molecule has 5 nitrogen and oxygen atoms in total. The van der Waals surface area contributed by atoms with Crippen molar-refractivity contribution in [3.05, 3.63) is 121 Å². The molecule has 1 atom stereocenters. The van der Waals surface area contributed by atoms with Crippen molar-refractivity contribution in [1.82, 2.24) is 19.7 Å². The van der Waals surface area contributed by atoms with Gasteiger partial charge in [0.25, 0.3) is 0 Å². The molecule has 0 amide bonds. The van der Waals surface area contributed by atoms with Gasteiger partial charge in [-0.1, -0.05) is 24.3 Å². The van der Waals surface area contributed by atoms with E-state index in [1.54, 1.807) is 0 Å². The van der Waals surface area contributed by atoms with Gasteiger partial charge in [0.05, 0.1) is 0 Å². The minimum absolute atomic E-state index is 0.138. The average Bonchev–Trinajstić information content (AvgIpc) is 3.38. The molecule has 0 N–H and O–H groups in total. The van der Waals surface area contributed by atoms with E-state index in [1.165, 1.54) is 55.4 Å². The van der Waals surface area contributed by atoms with Gasteiger partial charge in [0, 0.05) is 0 Å². The molecular weight excluding hydrogens is 629 g/mol. The van der Waals surface area contributed by atoms with E-state index < -0.39 is 0 Å². The van der Waals surface area contributed by atoms with Gasteiger partial charge in [-0.05, 0) is 12.5 Å². The Morgan fingerprint density at radius 3 is 2.50 bits per heavy atom. The van der Waals surface area contributed by atoms with Crippen LogP contribution in [0.4, 0.5) is 5.69 Å². The number of allylic oxidation sites excluding steroid dienone is 1. The topological polar surface area (TPSA) is 37.2 Å². The van der Waals surface area contributed by atoms with Crippen molar-refractivity contribution in [2.45, 2.75) is 39.3 Å². The Morgan fingerprint density at radius 2 is 1.69 bits per heavy atom. The van der Waals surface area contributed by atoms with Crippen LogP contribution in [-0.4, -0.2) is 32.8 Å². The van der Waals surface area contributed by atoms with Crippen LogP contribution < -0.4 is 26.1 Å². The Bertz CT molecular complexity index is 1750. The molecule has 0 bridgehead atoms. The Labute approximate surface area is 259 Å². The number of rotatable bonds is 6. The number of aryl methyl sites for hydroxylation is 2. The molecule has 5 aromatic rings. The number of nitrogens with zero attached hydrogens (tertiary/aromatic N) is 5. The van der Waals surface area contributed by atoms with Crippen LogP contribution in [0, 0.1) is 16.4 Å². The number of pyridine rings is 1. The number of para-hydroxylation sites is 2. The predicted molar refractivity (Wildman–Crippen MR) is 167 cm³/mol. The zero-order valence-corrected chi connectivity index (χ0v) is 26.7. The van der Waals surface area contributed by atoms with E-state index in [4.69, 9.17) is 10.1 Å². The molecule has 2 aliphatic rings. The quantitative estimate of drug-likeness (QED) is 0.250. The number of halogens is 1. The van der Waals surface area contributed by atoms with Gasteiger partial charge in [-0.15, -0.1) is 0 Å². The monoisotopic (exact) mass is 666 g/mol. The third-order valence-electron chi connectivity index (χ3n) is 8.93. The third-order valence-corrected chi connectivity index (χ3v) is 11.5. The zero-order valence-electron chi connectivity index (χ0n) is 24.5. The summed E-state index contributed by atoms with van der Waals surface area (Å²) >= 11 is -0.138. The van der Waals surface area contributed by atoms with Gasteiger partial charge in [0.1, 0.15) is 0 Å². The molecule has 0 spiro atoms. The molecule has 6 heteroatoms. The fraction of sp³-hybridized carbons (Fsp3) is 0.278. The second kappa shape index (κ2) is 11.7. The summed E-state index contributed by atoms with van der Waals surface area (Å²) in [5.41, 5.74) is 10.2. The van der Waals surface area contributed by atoms with Crippen LogP contribution in [0.3, 0.4) is 0 Å². The molecule has 4 heterocycles. The van der Waals surface area contributed by atoms with Gasteiger partial charge in [-0.3, -0.25) is 0 Å². The molecule has 1 fully saturated rings. The molecule has 42 heavy (non-hydrogen) atoms. The summed E-state index contributed by atoms with van der Waals surface area (Å²) in [5, 5.41) is 6.24. The number of aromatic nitrogens is 3. The van der Waals surface area contributed by atoms with Crippen molar-refractivity contribution in [3.8, 4) is 11.3 Å². The third kappa shape index (κ3) is 5.05. The Kier molecular flexibility index (Phi) is 7.59. The van der Waals surface area contributed by atoms with Crippen LogP contribution in [0.15, 0.2) is 101 Å². The van der Waals surface area contributed by atoms with Crippen LogP contribution in [0.1, 0.15) is 42.6 Å². The maximum atomic E-state index is 5.00. The van der Waals surface area contributed by atoms with Gasteiger partial charge in [-0.25, -0.2) is 0 Å². The summed E-state index contributed by atoms with van der Waals surface area (Å²) < 4.78 is 6.20. The van der Waals surface area contributed by atoms with Crippen molar-refractivity contribution < 1.29 is 21.2 Å². The molecule has 3 aromatic carbocycles. The van der Waals surface area contributed by atoms with E-state index in [2.05, 4.69) is 118 Å². The van der Waals surface area contributed by atoms with Crippen LogP contribution in [0.25, 0.3) is 22.2 Å². The average molecular weight is 667 g/mol. The number of likely N-dealkylation sites (tertiary alicyclic amines) is 1. The summed E-state index contributed by atoms with van der Waals surface area (Å²) in [6.45, 7) is 7.65. The number of hydrogen-bond acceptors (Lipinski definition) is 4. The molecule has 2 aliphatic heterocycles. The molecule has 214 valence electrons. The van der Waals surface area contributed by atoms with E-state index in [-0.39, 0.29) is 27.2 Å². The molecule has 1 unspecified atom stereocenters. The maximum absolute atomic E-state index is 5.00. The second-order valence-corrected chi connectivity index (χ2v) is 14.0. The second-order valence-electron chi connectivity index (χ2n) is 11.5. The fourth-order valence-electron chi connectivity index (χ4n) is 6.73. The first kappa shape index (κ1) is 27.3. The summed E-state index contributed by atoms with van der Waals surface area (Å²) in [6, 6.07) is 30.8. The van der Waals surface area contributed by atoms with Gasteiger partial charge in [-0.2, -0.15) is 0 Å². The number of hydrogen-bond donors (Lipinski definition) is 0. The summed E-state index contributed by atoms with van der Waals surface area (Å²) in [6.07, 6.45) is 4.28. The van der Waals surface area contributed by atoms with Crippen LogP contribution in [0.2, 0.25) is 0 Å². The van der Waals surface area contributed by atoms with Gasteiger partial charge in [0.15, 0.2) is 0 Å². The van der Waals surface area contributed by atoms with Crippen LogP contribution >= 0.6 is 0 Å². The number of anilines is 1. The van der Waals surface area contributed by atoms with Gasteiger partial charge >= 0.3 is 223 Å². The van der Waals surface area contributed by atoms with Crippen LogP contribution in [-0.2, 0) is 13.6 Å².